The highest BCUT2D eigenvalue weighted by atomic mass is 19.1. The normalized spacial score (nSPS) is 37.7. The number of aliphatic hydroxyl groups excluding tert-OH is 1. The molecule has 0 spiro atoms. The van der Waals surface area contributed by atoms with Crippen molar-refractivity contribution in [2.24, 2.45) is 11.8 Å². The largest absolute Gasteiger partial charge is 0.394 e. The lowest BCUT2D eigenvalue weighted by Crippen LogP contribution is -2.25. The molecule has 2 aliphatic rings. The van der Waals surface area contributed by atoms with Gasteiger partial charge in [-0.2, -0.15) is 0 Å². The molecule has 0 aromatic carbocycles. The molecule has 18 heavy (non-hydrogen) atoms. The molecule has 2 saturated carbocycles. The van der Waals surface area contributed by atoms with Crippen LogP contribution in [0, 0.1) is 11.8 Å². The lowest BCUT2D eigenvalue weighted by molar-refractivity contribution is -0.00225. The van der Waals surface area contributed by atoms with Gasteiger partial charge in [-0.15, -0.1) is 0 Å². The fourth-order valence-corrected chi connectivity index (χ4v) is 3.58. The lowest BCUT2D eigenvalue weighted by Gasteiger charge is -2.32. The molecule has 0 unspecified atom stereocenters. The summed E-state index contributed by atoms with van der Waals surface area (Å²) >= 11 is 0. The van der Waals surface area contributed by atoms with Crippen molar-refractivity contribution in [2.75, 3.05) is 13.2 Å². The summed E-state index contributed by atoms with van der Waals surface area (Å²) in [5.41, 5.74) is 0. The van der Waals surface area contributed by atoms with Gasteiger partial charge in [0.15, 0.2) is 0 Å². The molecule has 0 atom stereocenters. The van der Waals surface area contributed by atoms with Crippen LogP contribution in [0.15, 0.2) is 0 Å². The maximum atomic E-state index is 13.1. The molecule has 0 aromatic rings. The summed E-state index contributed by atoms with van der Waals surface area (Å²) in [5.74, 6) is 1.61. The third kappa shape index (κ3) is 4.51. The summed E-state index contributed by atoms with van der Waals surface area (Å²) in [7, 11) is 0. The van der Waals surface area contributed by atoms with Crippen molar-refractivity contribution in [3.63, 3.8) is 0 Å². The van der Waals surface area contributed by atoms with Crippen LogP contribution in [0.25, 0.3) is 0 Å². The van der Waals surface area contributed by atoms with Crippen LogP contribution in [0.4, 0.5) is 4.39 Å². The number of hydrogen-bond acceptors (Lipinski definition) is 2. The maximum Gasteiger partial charge on any atom is 0.100 e. The van der Waals surface area contributed by atoms with Gasteiger partial charge in [0.1, 0.15) is 6.17 Å². The molecule has 1 N–H and O–H groups in total. The molecule has 0 bridgehead atoms. The van der Waals surface area contributed by atoms with Crippen molar-refractivity contribution in [3.05, 3.63) is 0 Å². The summed E-state index contributed by atoms with van der Waals surface area (Å²) < 4.78 is 18.7. The summed E-state index contributed by atoms with van der Waals surface area (Å²) in [4.78, 5) is 0. The van der Waals surface area contributed by atoms with Crippen molar-refractivity contribution in [1.29, 1.82) is 0 Å². The second-order valence-corrected chi connectivity index (χ2v) is 6.09. The van der Waals surface area contributed by atoms with E-state index in [0.29, 0.717) is 12.7 Å². The Hall–Kier alpha value is -0.150. The second-order valence-electron chi connectivity index (χ2n) is 6.09. The minimum absolute atomic E-state index is 0.131. The molecule has 2 rings (SSSR count). The number of alkyl halides is 1. The van der Waals surface area contributed by atoms with Crippen LogP contribution in [0.3, 0.4) is 0 Å². The molecule has 2 aliphatic carbocycles. The number of hydrogen-bond donors (Lipinski definition) is 1. The third-order valence-corrected chi connectivity index (χ3v) is 4.68. The molecule has 2 fully saturated rings. The first kappa shape index (κ1) is 14.3. The molecule has 106 valence electrons. The minimum atomic E-state index is -0.524. The van der Waals surface area contributed by atoms with Gasteiger partial charge in [-0.1, -0.05) is 0 Å². The van der Waals surface area contributed by atoms with Crippen LogP contribution < -0.4 is 0 Å². The summed E-state index contributed by atoms with van der Waals surface area (Å²) in [5, 5.41) is 8.73. The Bertz CT molecular complexity index is 219. The quantitative estimate of drug-likeness (QED) is 0.818. The molecule has 0 saturated heterocycles. The van der Waals surface area contributed by atoms with Gasteiger partial charge in [-0.25, -0.2) is 4.39 Å². The second kappa shape index (κ2) is 7.44. The molecule has 0 amide bonds. The van der Waals surface area contributed by atoms with E-state index in [0.717, 1.165) is 50.4 Å². The van der Waals surface area contributed by atoms with E-state index in [1.807, 2.05) is 0 Å². The molecular weight excluding hydrogens is 231 g/mol. The average molecular weight is 258 g/mol. The van der Waals surface area contributed by atoms with Gasteiger partial charge in [-0.05, 0) is 69.6 Å². The van der Waals surface area contributed by atoms with Gasteiger partial charge in [0, 0.05) is 0 Å². The number of ether oxygens (including phenoxy) is 1. The lowest BCUT2D eigenvalue weighted by atomic mass is 9.77. The maximum absolute atomic E-state index is 13.1. The van der Waals surface area contributed by atoms with Crippen molar-refractivity contribution in [3.8, 4) is 0 Å². The summed E-state index contributed by atoms with van der Waals surface area (Å²) in [6, 6.07) is 0. The van der Waals surface area contributed by atoms with E-state index < -0.39 is 6.17 Å². The Morgan fingerprint density at radius 2 is 1.44 bits per heavy atom. The minimum Gasteiger partial charge on any atom is -0.394 e. The zero-order valence-electron chi connectivity index (χ0n) is 11.3. The van der Waals surface area contributed by atoms with Crippen LogP contribution >= 0.6 is 0 Å². The number of halogens is 1. The van der Waals surface area contributed by atoms with Crippen LogP contribution in [0.2, 0.25) is 0 Å². The van der Waals surface area contributed by atoms with Gasteiger partial charge >= 0.3 is 0 Å². The van der Waals surface area contributed by atoms with E-state index in [-0.39, 0.29) is 6.61 Å². The van der Waals surface area contributed by atoms with Gasteiger partial charge in [-0.3, -0.25) is 0 Å². The topological polar surface area (TPSA) is 29.5 Å². The predicted molar refractivity (Wildman–Crippen MR) is 70.3 cm³/mol. The standard InChI is InChI=1S/C15H27FO2/c16-14-5-1-12(2-6-14)11-13-3-7-15(8-4-13)18-10-9-17/h12-15,17H,1-11H2. The van der Waals surface area contributed by atoms with E-state index in [4.69, 9.17) is 9.84 Å². The first-order chi connectivity index (χ1) is 8.78. The summed E-state index contributed by atoms with van der Waals surface area (Å²) in [6.45, 7) is 0.613. The van der Waals surface area contributed by atoms with E-state index in [1.54, 1.807) is 0 Å². The van der Waals surface area contributed by atoms with Gasteiger partial charge in [0.05, 0.1) is 19.3 Å². The van der Waals surface area contributed by atoms with Gasteiger partial charge in [0.25, 0.3) is 0 Å². The van der Waals surface area contributed by atoms with E-state index >= 15 is 0 Å². The Kier molecular flexibility index (Phi) is 5.90. The number of rotatable bonds is 5. The van der Waals surface area contributed by atoms with Crippen LogP contribution in [-0.2, 0) is 4.74 Å². The monoisotopic (exact) mass is 258 g/mol. The molecule has 0 heterocycles. The molecule has 2 nitrogen and oxygen atoms in total. The molecule has 0 aromatic heterocycles. The van der Waals surface area contributed by atoms with Crippen molar-refractivity contribution in [2.45, 2.75) is 70.1 Å². The highest BCUT2D eigenvalue weighted by molar-refractivity contribution is 4.78. The van der Waals surface area contributed by atoms with Gasteiger partial charge in [0.2, 0.25) is 0 Å². The average Bonchev–Trinajstić information content (AvgIpc) is 2.41. The first-order valence-corrected chi connectivity index (χ1v) is 7.64. The van der Waals surface area contributed by atoms with Crippen molar-refractivity contribution in [1.82, 2.24) is 0 Å². The van der Waals surface area contributed by atoms with Crippen molar-refractivity contribution >= 4 is 0 Å². The Balaban J connectivity index is 1.61. The SMILES string of the molecule is OCCOC1CCC(CC2CCC(F)CC2)CC1. The zero-order valence-corrected chi connectivity index (χ0v) is 11.3. The summed E-state index contributed by atoms with van der Waals surface area (Å²) in [6.07, 6.45) is 9.73. The van der Waals surface area contributed by atoms with E-state index in [1.165, 1.54) is 19.3 Å². The zero-order chi connectivity index (χ0) is 12.8. The Morgan fingerprint density at radius 1 is 0.889 bits per heavy atom. The highest BCUT2D eigenvalue weighted by Gasteiger charge is 2.26. The Morgan fingerprint density at radius 3 is 2.00 bits per heavy atom. The molecular formula is C15H27FO2. The smallest absolute Gasteiger partial charge is 0.100 e. The fraction of sp³-hybridized carbons (Fsp3) is 1.00. The molecule has 0 aliphatic heterocycles. The fourth-order valence-electron chi connectivity index (χ4n) is 3.58. The van der Waals surface area contributed by atoms with Crippen molar-refractivity contribution < 1.29 is 14.2 Å². The van der Waals surface area contributed by atoms with Crippen LogP contribution in [0.1, 0.15) is 57.8 Å². The van der Waals surface area contributed by atoms with Crippen LogP contribution in [-0.4, -0.2) is 30.6 Å². The third-order valence-electron chi connectivity index (χ3n) is 4.68. The molecule has 3 heteroatoms. The Labute approximate surface area is 110 Å². The molecule has 0 radical (unpaired) electrons. The predicted octanol–water partition coefficient (Wildman–Crippen LogP) is 3.47. The van der Waals surface area contributed by atoms with E-state index in [2.05, 4.69) is 0 Å². The van der Waals surface area contributed by atoms with Crippen LogP contribution in [0.5, 0.6) is 0 Å². The van der Waals surface area contributed by atoms with E-state index in [9.17, 15) is 4.39 Å². The number of aliphatic hydroxyl groups is 1. The first-order valence-electron chi connectivity index (χ1n) is 7.64. The highest BCUT2D eigenvalue weighted by Crippen LogP contribution is 2.36. The van der Waals surface area contributed by atoms with Gasteiger partial charge < -0.3 is 9.84 Å².